The van der Waals surface area contributed by atoms with Crippen molar-refractivity contribution in [2.75, 3.05) is 37.8 Å². The summed E-state index contributed by atoms with van der Waals surface area (Å²) in [5, 5.41) is 0. The van der Waals surface area contributed by atoms with Crippen molar-refractivity contribution in [3.05, 3.63) is 23.8 Å². The minimum atomic E-state index is 0.107. The number of rotatable bonds is 3. The highest BCUT2D eigenvalue weighted by Gasteiger charge is 2.24. The van der Waals surface area contributed by atoms with Gasteiger partial charge < -0.3 is 15.5 Å². The summed E-state index contributed by atoms with van der Waals surface area (Å²) in [4.78, 5) is 16.6. The number of benzene rings is 1. The van der Waals surface area contributed by atoms with E-state index < -0.39 is 0 Å². The number of nitrogen functional groups attached to an aromatic ring is 1. The molecule has 1 aliphatic heterocycles. The largest absolute Gasteiger partial charge is 0.399 e. The van der Waals surface area contributed by atoms with Crippen molar-refractivity contribution in [3.8, 4) is 0 Å². The van der Waals surface area contributed by atoms with E-state index in [2.05, 4.69) is 6.92 Å². The Morgan fingerprint density at radius 1 is 1.35 bits per heavy atom. The Morgan fingerprint density at radius 3 is 2.55 bits per heavy atom. The number of nitrogens with two attached hydrogens (primary N) is 1. The van der Waals surface area contributed by atoms with Crippen LogP contribution in [0.3, 0.4) is 0 Å². The van der Waals surface area contributed by atoms with Crippen molar-refractivity contribution in [2.45, 2.75) is 26.2 Å². The van der Waals surface area contributed by atoms with E-state index in [0.717, 1.165) is 37.5 Å². The van der Waals surface area contributed by atoms with E-state index in [1.54, 1.807) is 6.07 Å². The molecule has 1 aromatic rings. The number of likely N-dealkylation sites (tertiary alicyclic amines) is 1. The summed E-state index contributed by atoms with van der Waals surface area (Å²) in [6.07, 6.45) is 3.44. The molecule has 110 valence electrons. The van der Waals surface area contributed by atoms with Gasteiger partial charge in [-0.25, -0.2) is 0 Å². The number of anilines is 2. The van der Waals surface area contributed by atoms with Crippen LogP contribution < -0.4 is 10.6 Å². The summed E-state index contributed by atoms with van der Waals surface area (Å²) in [7, 11) is 3.90. The van der Waals surface area contributed by atoms with Gasteiger partial charge in [-0.05, 0) is 37.0 Å². The molecule has 1 saturated heterocycles. The molecule has 4 nitrogen and oxygen atoms in total. The molecule has 1 aromatic carbocycles. The Hall–Kier alpha value is -1.71. The van der Waals surface area contributed by atoms with Gasteiger partial charge in [-0.3, -0.25) is 4.79 Å². The average Bonchev–Trinajstić information content (AvgIpc) is 2.46. The molecule has 1 amide bonds. The third-order valence-corrected chi connectivity index (χ3v) is 4.21. The van der Waals surface area contributed by atoms with Gasteiger partial charge in [0, 0.05) is 38.6 Å². The predicted octanol–water partition coefficient (Wildman–Crippen LogP) is 2.60. The lowest BCUT2D eigenvalue weighted by atomic mass is 9.94. The van der Waals surface area contributed by atoms with Gasteiger partial charge in [-0.1, -0.05) is 13.3 Å². The third-order valence-electron chi connectivity index (χ3n) is 4.21. The number of hydrogen-bond acceptors (Lipinski definition) is 3. The van der Waals surface area contributed by atoms with E-state index in [1.165, 1.54) is 6.42 Å². The fourth-order valence-corrected chi connectivity index (χ4v) is 2.83. The second-order valence-electron chi connectivity index (χ2n) is 5.81. The second kappa shape index (κ2) is 6.16. The van der Waals surface area contributed by atoms with Crippen LogP contribution in [0.5, 0.6) is 0 Å². The third kappa shape index (κ3) is 3.06. The fraction of sp³-hybridized carbons (Fsp3) is 0.562. The van der Waals surface area contributed by atoms with Crippen molar-refractivity contribution in [2.24, 2.45) is 5.92 Å². The lowest BCUT2D eigenvalue weighted by Crippen LogP contribution is -2.38. The van der Waals surface area contributed by atoms with Crippen LogP contribution in [0.4, 0.5) is 11.4 Å². The molecule has 0 unspecified atom stereocenters. The number of carbonyl (C=O) groups excluding carboxylic acids is 1. The van der Waals surface area contributed by atoms with E-state index in [4.69, 9.17) is 5.73 Å². The molecule has 0 bridgehead atoms. The Labute approximate surface area is 121 Å². The molecule has 1 aliphatic rings. The monoisotopic (exact) mass is 275 g/mol. The van der Waals surface area contributed by atoms with Gasteiger partial charge in [-0.2, -0.15) is 0 Å². The van der Waals surface area contributed by atoms with Crippen LogP contribution in [0, 0.1) is 5.92 Å². The van der Waals surface area contributed by atoms with Gasteiger partial charge in [0.05, 0.1) is 5.56 Å². The first-order valence-corrected chi connectivity index (χ1v) is 7.39. The molecule has 0 aliphatic carbocycles. The maximum atomic E-state index is 12.7. The lowest BCUT2D eigenvalue weighted by molar-refractivity contribution is 0.0689. The summed E-state index contributed by atoms with van der Waals surface area (Å²) in [6, 6.07) is 5.56. The molecule has 0 atom stereocenters. The molecule has 2 N–H and O–H groups in total. The molecule has 1 fully saturated rings. The number of amides is 1. The minimum absolute atomic E-state index is 0.107. The topological polar surface area (TPSA) is 49.6 Å². The molecular formula is C16H25N3O. The minimum Gasteiger partial charge on any atom is -0.399 e. The van der Waals surface area contributed by atoms with Crippen molar-refractivity contribution in [1.82, 2.24) is 4.90 Å². The Bertz CT molecular complexity index is 477. The van der Waals surface area contributed by atoms with Gasteiger partial charge in [-0.15, -0.1) is 0 Å². The zero-order valence-corrected chi connectivity index (χ0v) is 12.7. The molecule has 20 heavy (non-hydrogen) atoms. The van der Waals surface area contributed by atoms with E-state index >= 15 is 0 Å². The summed E-state index contributed by atoms with van der Waals surface area (Å²) in [5.74, 6) is 0.878. The first kappa shape index (κ1) is 14.7. The normalized spacial score (nSPS) is 16.2. The first-order valence-electron chi connectivity index (χ1n) is 7.39. The van der Waals surface area contributed by atoms with Crippen molar-refractivity contribution in [1.29, 1.82) is 0 Å². The predicted molar refractivity (Wildman–Crippen MR) is 84.1 cm³/mol. The molecule has 2 rings (SSSR count). The smallest absolute Gasteiger partial charge is 0.256 e. The number of piperidine rings is 1. The highest BCUT2D eigenvalue weighted by molar-refractivity contribution is 6.00. The maximum Gasteiger partial charge on any atom is 0.256 e. The standard InChI is InChI=1S/C16H25N3O/c1-4-12-7-9-19(10-8-12)16(20)14-11-13(17)5-6-15(14)18(2)3/h5-6,11-12H,4,7-10,17H2,1-3H3. The van der Waals surface area contributed by atoms with Gasteiger partial charge in [0.25, 0.3) is 5.91 Å². The van der Waals surface area contributed by atoms with Gasteiger partial charge in [0.1, 0.15) is 0 Å². The van der Waals surface area contributed by atoms with E-state index in [0.29, 0.717) is 11.3 Å². The van der Waals surface area contributed by atoms with Crippen molar-refractivity contribution < 1.29 is 4.79 Å². The van der Waals surface area contributed by atoms with Crippen LogP contribution >= 0.6 is 0 Å². The van der Waals surface area contributed by atoms with E-state index in [-0.39, 0.29) is 5.91 Å². The molecular weight excluding hydrogens is 250 g/mol. The van der Waals surface area contributed by atoms with Crippen LogP contribution in [0.15, 0.2) is 18.2 Å². The molecule has 0 spiro atoms. The average molecular weight is 275 g/mol. The molecule has 0 aromatic heterocycles. The van der Waals surface area contributed by atoms with Crippen LogP contribution in [0.1, 0.15) is 36.5 Å². The van der Waals surface area contributed by atoms with E-state index in [9.17, 15) is 4.79 Å². The Kier molecular flexibility index (Phi) is 4.53. The molecule has 4 heteroatoms. The van der Waals surface area contributed by atoms with Gasteiger partial charge in [0.15, 0.2) is 0 Å². The quantitative estimate of drug-likeness (QED) is 0.863. The Morgan fingerprint density at radius 2 is 2.00 bits per heavy atom. The highest BCUT2D eigenvalue weighted by atomic mass is 16.2. The SMILES string of the molecule is CCC1CCN(C(=O)c2cc(N)ccc2N(C)C)CC1. The van der Waals surface area contributed by atoms with Crippen molar-refractivity contribution >= 4 is 17.3 Å². The maximum absolute atomic E-state index is 12.7. The summed E-state index contributed by atoms with van der Waals surface area (Å²) >= 11 is 0. The molecule has 0 saturated carbocycles. The fourth-order valence-electron chi connectivity index (χ4n) is 2.83. The van der Waals surface area contributed by atoms with Crippen LogP contribution in [-0.2, 0) is 0 Å². The summed E-state index contributed by atoms with van der Waals surface area (Å²) in [6.45, 7) is 3.95. The molecule has 0 radical (unpaired) electrons. The zero-order valence-electron chi connectivity index (χ0n) is 12.7. The lowest BCUT2D eigenvalue weighted by Gasteiger charge is -2.32. The second-order valence-corrected chi connectivity index (χ2v) is 5.81. The summed E-state index contributed by atoms with van der Waals surface area (Å²) in [5.41, 5.74) is 8.14. The molecule has 1 heterocycles. The Balaban J connectivity index is 2.19. The van der Waals surface area contributed by atoms with Gasteiger partial charge >= 0.3 is 0 Å². The number of carbonyl (C=O) groups is 1. The van der Waals surface area contributed by atoms with Crippen LogP contribution in [-0.4, -0.2) is 38.0 Å². The van der Waals surface area contributed by atoms with Crippen LogP contribution in [0.2, 0.25) is 0 Å². The highest BCUT2D eigenvalue weighted by Crippen LogP contribution is 2.26. The number of nitrogens with zero attached hydrogens (tertiary/aromatic N) is 2. The first-order chi connectivity index (χ1) is 9.52. The van der Waals surface area contributed by atoms with Crippen molar-refractivity contribution in [3.63, 3.8) is 0 Å². The van der Waals surface area contributed by atoms with Gasteiger partial charge in [0.2, 0.25) is 0 Å². The zero-order chi connectivity index (χ0) is 14.7. The van der Waals surface area contributed by atoms with E-state index in [1.807, 2.05) is 36.0 Å². The summed E-state index contributed by atoms with van der Waals surface area (Å²) < 4.78 is 0. The van der Waals surface area contributed by atoms with Crippen LogP contribution in [0.25, 0.3) is 0 Å². The number of hydrogen-bond donors (Lipinski definition) is 1.